The number of carbonyl (C=O) groups is 1. The molecule has 0 N–H and O–H groups in total. The summed E-state index contributed by atoms with van der Waals surface area (Å²) in [6.45, 7) is 2.33. The molecule has 0 radical (unpaired) electrons. The molecular weight excluding hydrogens is 405 g/mol. The fraction of sp³-hybridized carbons (Fsp3) is 0.417. The van der Waals surface area contributed by atoms with E-state index in [2.05, 4.69) is 6.92 Å². The molecular formula is C24H23Cl2NO2. The lowest BCUT2D eigenvalue weighted by molar-refractivity contribution is 0.0735. The van der Waals surface area contributed by atoms with Gasteiger partial charge in [0.15, 0.2) is 5.75 Å². The van der Waals surface area contributed by atoms with Crippen LogP contribution in [-0.4, -0.2) is 5.97 Å². The lowest BCUT2D eigenvalue weighted by Crippen LogP contribution is -2.20. The smallest absolute Gasteiger partial charge is 0.343 e. The van der Waals surface area contributed by atoms with E-state index in [0.717, 1.165) is 29.9 Å². The number of fused-ring (bicyclic) bond motifs is 1. The van der Waals surface area contributed by atoms with Gasteiger partial charge >= 0.3 is 5.97 Å². The third kappa shape index (κ3) is 4.15. The second kappa shape index (κ2) is 8.01. The molecule has 0 bridgehead atoms. The Labute approximate surface area is 181 Å². The Bertz CT molecular complexity index is 987. The summed E-state index contributed by atoms with van der Waals surface area (Å²) >= 11 is 13.1. The quantitative estimate of drug-likeness (QED) is 0.399. The van der Waals surface area contributed by atoms with Crippen LogP contribution < -0.4 is 4.74 Å². The van der Waals surface area contributed by atoms with Gasteiger partial charge in [-0.15, -0.1) is 0 Å². The van der Waals surface area contributed by atoms with Gasteiger partial charge in [-0.25, -0.2) is 4.79 Å². The summed E-state index contributed by atoms with van der Waals surface area (Å²) in [5.74, 6) is 0.589. The van der Waals surface area contributed by atoms with Gasteiger partial charge in [0.25, 0.3) is 0 Å². The molecule has 29 heavy (non-hydrogen) atoms. The van der Waals surface area contributed by atoms with Crippen LogP contribution in [0.5, 0.6) is 5.75 Å². The monoisotopic (exact) mass is 427 g/mol. The molecule has 2 aliphatic carbocycles. The van der Waals surface area contributed by atoms with E-state index in [1.165, 1.54) is 32.1 Å². The maximum absolute atomic E-state index is 12.5. The van der Waals surface area contributed by atoms with Gasteiger partial charge in [-0.3, -0.25) is 0 Å². The summed E-state index contributed by atoms with van der Waals surface area (Å²) in [4.78, 5) is 12.5. The van der Waals surface area contributed by atoms with E-state index < -0.39 is 5.97 Å². The fourth-order valence-electron chi connectivity index (χ4n) is 4.96. The van der Waals surface area contributed by atoms with Crippen molar-refractivity contribution in [3.8, 4) is 11.8 Å². The van der Waals surface area contributed by atoms with Crippen molar-refractivity contribution in [1.82, 2.24) is 0 Å². The summed E-state index contributed by atoms with van der Waals surface area (Å²) in [6, 6.07) is 10.2. The lowest BCUT2D eigenvalue weighted by atomic mass is 9.78. The molecule has 4 rings (SSSR count). The molecule has 0 amide bonds. The van der Waals surface area contributed by atoms with Gasteiger partial charge in [0.05, 0.1) is 22.2 Å². The number of hydrogen-bond acceptors (Lipinski definition) is 3. The topological polar surface area (TPSA) is 50.1 Å². The Morgan fingerprint density at radius 3 is 2.52 bits per heavy atom. The maximum Gasteiger partial charge on any atom is 0.343 e. The molecule has 1 unspecified atom stereocenters. The molecule has 1 saturated carbocycles. The largest absolute Gasteiger partial charge is 0.421 e. The van der Waals surface area contributed by atoms with E-state index >= 15 is 0 Å². The molecule has 1 atom stereocenters. The van der Waals surface area contributed by atoms with Gasteiger partial charge in [-0.2, -0.15) is 5.26 Å². The Kier molecular flexibility index (Phi) is 5.60. The minimum atomic E-state index is -0.515. The number of nitriles is 1. The Morgan fingerprint density at radius 2 is 1.86 bits per heavy atom. The summed E-state index contributed by atoms with van der Waals surface area (Å²) in [5.41, 5.74) is 3.25. The maximum atomic E-state index is 12.5. The summed E-state index contributed by atoms with van der Waals surface area (Å²) in [5, 5.41) is 9.68. The number of carbonyl (C=O) groups excluding carboxylic acids is 1. The van der Waals surface area contributed by atoms with E-state index in [4.69, 9.17) is 33.2 Å². The van der Waals surface area contributed by atoms with Gasteiger partial charge in [-0.1, -0.05) is 55.8 Å². The molecule has 2 aromatic carbocycles. The molecule has 0 spiro atoms. The van der Waals surface area contributed by atoms with Crippen LogP contribution in [0.15, 0.2) is 30.3 Å². The summed E-state index contributed by atoms with van der Waals surface area (Å²) in [7, 11) is 0. The van der Waals surface area contributed by atoms with E-state index in [0.29, 0.717) is 21.9 Å². The first kappa shape index (κ1) is 20.3. The van der Waals surface area contributed by atoms with Gasteiger partial charge in [-0.05, 0) is 72.1 Å². The third-order valence-electron chi connectivity index (χ3n) is 6.30. The van der Waals surface area contributed by atoms with Crippen LogP contribution in [0, 0.1) is 22.7 Å². The molecule has 0 heterocycles. The van der Waals surface area contributed by atoms with Gasteiger partial charge in [0.1, 0.15) is 5.02 Å². The van der Waals surface area contributed by atoms with Crippen molar-refractivity contribution in [3.63, 3.8) is 0 Å². The number of esters is 1. The van der Waals surface area contributed by atoms with Gasteiger partial charge < -0.3 is 4.74 Å². The van der Waals surface area contributed by atoms with Crippen LogP contribution >= 0.6 is 23.2 Å². The zero-order valence-corrected chi connectivity index (χ0v) is 17.9. The summed E-state index contributed by atoms with van der Waals surface area (Å²) in [6.07, 6.45) is 8.39. The lowest BCUT2D eigenvalue weighted by Gasteiger charge is -2.27. The van der Waals surface area contributed by atoms with Crippen LogP contribution in [0.2, 0.25) is 10.0 Å². The van der Waals surface area contributed by atoms with Crippen LogP contribution in [0.3, 0.4) is 0 Å². The Morgan fingerprint density at radius 1 is 1.17 bits per heavy atom. The number of nitrogens with zero attached hydrogens (tertiary/aromatic N) is 1. The molecule has 0 aliphatic heterocycles. The molecule has 2 aromatic rings. The first-order valence-electron chi connectivity index (χ1n) is 10.1. The highest BCUT2D eigenvalue weighted by Gasteiger charge is 2.38. The van der Waals surface area contributed by atoms with Crippen molar-refractivity contribution in [1.29, 1.82) is 5.26 Å². The standard InChI is InChI=1S/C24H23Cl2NO2/c1-24(11-15-4-2-3-5-15)12-18-10-20(22(26)21(25)19(18)13-24)29-23(28)17-8-6-16(14-27)7-9-17/h6-10,15H,2-5,11-13H2,1H3. The zero-order valence-electron chi connectivity index (χ0n) is 16.4. The molecule has 5 heteroatoms. The molecule has 0 saturated heterocycles. The van der Waals surface area contributed by atoms with Crippen molar-refractivity contribution >= 4 is 29.2 Å². The summed E-state index contributed by atoms with van der Waals surface area (Å²) < 4.78 is 5.57. The highest BCUT2D eigenvalue weighted by atomic mass is 35.5. The molecule has 3 nitrogen and oxygen atoms in total. The Hall–Kier alpha value is -2.02. The van der Waals surface area contributed by atoms with E-state index in [1.807, 2.05) is 12.1 Å². The van der Waals surface area contributed by atoms with Crippen LogP contribution in [-0.2, 0) is 12.8 Å². The predicted molar refractivity (Wildman–Crippen MR) is 115 cm³/mol. The Balaban J connectivity index is 1.55. The average molecular weight is 428 g/mol. The van der Waals surface area contributed by atoms with Crippen LogP contribution in [0.25, 0.3) is 0 Å². The number of ether oxygens (including phenoxy) is 1. The SMILES string of the molecule is CC1(CC2CCCC2)Cc2cc(OC(=O)c3ccc(C#N)cc3)c(Cl)c(Cl)c2C1. The second-order valence-corrected chi connectivity index (χ2v) is 9.49. The second-order valence-electron chi connectivity index (χ2n) is 8.74. The molecule has 1 fully saturated rings. The highest BCUT2D eigenvalue weighted by Crippen LogP contribution is 2.49. The van der Waals surface area contributed by atoms with Crippen molar-refractivity contribution < 1.29 is 9.53 Å². The third-order valence-corrected chi connectivity index (χ3v) is 7.19. The normalized spacial score (nSPS) is 21.0. The molecule has 0 aromatic heterocycles. The van der Waals surface area contributed by atoms with Crippen molar-refractivity contribution in [2.75, 3.05) is 0 Å². The van der Waals surface area contributed by atoms with Gasteiger partial charge in [0, 0.05) is 0 Å². The van der Waals surface area contributed by atoms with Crippen molar-refractivity contribution in [2.24, 2.45) is 11.3 Å². The molecule has 150 valence electrons. The minimum Gasteiger partial charge on any atom is -0.421 e. The number of hydrogen-bond donors (Lipinski definition) is 0. The minimum absolute atomic E-state index is 0.181. The highest BCUT2D eigenvalue weighted by molar-refractivity contribution is 6.43. The van der Waals surface area contributed by atoms with Crippen molar-refractivity contribution in [3.05, 3.63) is 62.6 Å². The number of halogens is 2. The van der Waals surface area contributed by atoms with Crippen LogP contribution in [0.1, 0.15) is 66.1 Å². The number of rotatable bonds is 4. The van der Waals surface area contributed by atoms with E-state index in [9.17, 15) is 4.79 Å². The first-order chi connectivity index (χ1) is 13.9. The van der Waals surface area contributed by atoms with Crippen molar-refractivity contribution in [2.45, 2.75) is 51.9 Å². The van der Waals surface area contributed by atoms with E-state index in [-0.39, 0.29) is 10.4 Å². The predicted octanol–water partition coefficient (Wildman–Crippen LogP) is 6.77. The average Bonchev–Trinajstić information content (AvgIpc) is 3.33. The fourth-order valence-corrected chi connectivity index (χ4v) is 5.45. The molecule has 2 aliphatic rings. The number of benzene rings is 2. The zero-order chi connectivity index (χ0) is 20.6. The van der Waals surface area contributed by atoms with Gasteiger partial charge in [0.2, 0.25) is 0 Å². The van der Waals surface area contributed by atoms with Crippen LogP contribution in [0.4, 0.5) is 0 Å². The first-order valence-corrected chi connectivity index (χ1v) is 10.9. The van der Waals surface area contributed by atoms with E-state index in [1.54, 1.807) is 24.3 Å².